The molecule has 1 saturated carbocycles. The molecule has 1 aromatic heterocycles. The number of benzene rings is 1. The predicted octanol–water partition coefficient (Wildman–Crippen LogP) is 3.48. The van der Waals surface area contributed by atoms with Gasteiger partial charge in [-0.1, -0.05) is 49.0 Å². The van der Waals surface area contributed by atoms with Crippen LogP contribution in [0.4, 0.5) is 0 Å². The minimum Gasteiger partial charge on any atom is -0.355 e. The Morgan fingerprint density at radius 2 is 2.04 bits per heavy atom. The lowest BCUT2D eigenvalue weighted by atomic mass is 9.96. The second kappa shape index (κ2) is 8.04. The highest BCUT2D eigenvalue weighted by Crippen LogP contribution is 2.39. The van der Waals surface area contributed by atoms with Crippen molar-refractivity contribution in [2.75, 3.05) is 6.54 Å². The fourth-order valence-electron chi connectivity index (χ4n) is 2.93. The Morgan fingerprint density at radius 1 is 1.32 bits per heavy atom. The fourth-order valence-corrected chi connectivity index (χ4v) is 3.77. The van der Waals surface area contributed by atoms with Crippen LogP contribution >= 0.6 is 11.8 Å². The molecule has 3 rings (SSSR count). The van der Waals surface area contributed by atoms with Crippen molar-refractivity contribution in [3.8, 4) is 0 Å². The molecule has 1 N–H and O–H groups in total. The highest BCUT2D eigenvalue weighted by atomic mass is 32.2. The summed E-state index contributed by atoms with van der Waals surface area (Å²) in [4.78, 5) is 12.5. The van der Waals surface area contributed by atoms with E-state index in [1.165, 1.54) is 30.2 Å². The summed E-state index contributed by atoms with van der Waals surface area (Å²) in [6, 6.07) is 10.4. The van der Waals surface area contributed by atoms with Gasteiger partial charge >= 0.3 is 0 Å². The molecule has 1 aromatic carbocycles. The third-order valence-corrected chi connectivity index (χ3v) is 5.88. The monoisotopic (exact) mass is 358 g/mol. The van der Waals surface area contributed by atoms with Crippen molar-refractivity contribution >= 4 is 17.7 Å². The Bertz CT molecular complexity index is 711. The minimum atomic E-state index is -0.191. The fraction of sp³-hybridized carbons (Fsp3) is 0.526. The highest BCUT2D eigenvalue weighted by molar-refractivity contribution is 8.00. The second-order valence-corrected chi connectivity index (χ2v) is 8.00. The first-order valence-corrected chi connectivity index (χ1v) is 9.86. The van der Waals surface area contributed by atoms with E-state index in [2.05, 4.69) is 34.6 Å². The van der Waals surface area contributed by atoms with E-state index < -0.39 is 0 Å². The Balaban J connectivity index is 1.53. The number of aromatic nitrogens is 3. The van der Waals surface area contributed by atoms with Crippen LogP contribution in [-0.2, 0) is 11.8 Å². The summed E-state index contributed by atoms with van der Waals surface area (Å²) in [5, 5.41) is 12.3. The van der Waals surface area contributed by atoms with Crippen LogP contribution in [-0.4, -0.2) is 32.5 Å². The molecule has 2 atom stereocenters. The number of hydrogen-bond acceptors (Lipinski definition) is 4. The topological polar surface area (TPSA) is 59.8 Å². The summed E-state index contributed by atoms with van der Waals surface area (Å²) in [7, 11) is 1.99. The van der Waals surface area contributed by atoms with Gasteiger partial charge in [0.1, 0.15) is 5.82 Å². The summed E-state index contributed by atoms with van der Waals surface area (Å²) in [5.41, 5.74) is 1.27. The molecule has 1 fully saturated rings. The van der Waals surface area contributed by atoms with E-state index in [9.17, 15) is 4.79 Å². The molecule has 6 heteroatoms. The van der Waals surface area contributed by atoms with Crippen LogP contribution in [0.5, 0.6) is 0 Å². The molecular formula is C19H26N4OS. The number of rotatable bonds is 8. The standard InChI is InChI=1S/C19H26N4OS/c1-4-14(15-8-6-5-7-9-15)12-20-18(24)13(2)25-19-22-21-17(23(19)3)16-10-11-16/h5-9,13-14,16H,4,10-12H2,1-3H3,(H,20,24)/t13-,14-/m1/s1. The van der Waals surface area contributed by atoms with Crippen LogP contribution in [0.2, 0.25) is 0 Å². The molecule has 1 heterocycles. The van der Waals surface area contributed by atoms with Gasteiger partial charge in [-0.15, -0.1) is 10.2 Å². The molecule has 1 amide bonds. The molecule has 0 bridgehead atoms. The largest absolute Gasteiger partial charge is 0.355 e. The molecule has 1 aliphatic rings. The molecule has 0 radical (unpaired) electrons. The van der Waals surface area contributed by atoms with Crippen molar-refractivity contribution in [2.45, 2.75) is 55.4 Å². The minimum absolute atomic E-state index is 0.0513. The maximum absolute atomic E-state index is 12.5. The van der Waals surface area contributed by atoms with E-state index in [4.69, 9.17) is 0 Å². The first-order chi connectivity index (χ1) is 12.1. The van der Waals surface area contributed by atoms with Gasteiger partial charge in [0.2, 0.25) is 5.91 Å². The van der Waals surface area contributed by atoms with E-state index in [0.717, 1.165) is 17.4 Å². The SMILES string of the molecule is CC[C@H](CNC(=O)[C@@H](C)Sc1nnc(C2CC2)n1C)c1ccccc1. The zero-order valence-corrected chi connectivity index (χ0v) is 15.9. The summed E-state index contributed by atoms with van der Waals surface area (Å²) >= 11 is 1.48. The van der Waals surface area contributed by atoms with E-state index in [0.29, 0.717) is 18.4 Å². The van der Waals surface area contributed by atoms with E-state index in [-0.39, 0.29) is 11.2 Å². The second-order valence-electron chi connectivity index (χ2n) is 6.70. The van der Waals surface area contributed by atoms with Gasteiger partial charge in [-0.25, -0.2) is 0 Å². The van der Waals surface area contributed by atoms with Gasteiger partial charge in [-0.2, -0.15) is 0 Å². The molecule has 0 saturated heterocycles. The summed E-state index contributed by atoms with van der Waals surface area (Å²) in [6.45, 7) is 4.74. The predicted molar refractivity (Wildman–Crippen MR) is 101 cm³/mol. The molecule has 0 spiro atoms. The van der Waals surface area contributed by atoms with Crippen LogP contribution in [0.25, 0.3) is 0 Å². The highest BCUT2D eigenvalue weighted by Gasteiger charge is 2.30. The summed E-state index contributed by atoms with van der Waals surface area (Å²) in [5.74, 6) is 2.01. The molecule has 2 aromatic rings. The van der Waals surface area contributed by atoms with Crippen LogP contribution in [0.1, 0.15) is 56.3 Å². The van der Waals surface area contributed by atoms with E-state index in [1.807, 2.05) is 36.7 Å². The van der Waals surface area contributed by atoms with Crippen molar-refractivity contribution in [3.05, 3.63) is 41.7 Å². The maximum Gasteiger partial charge on any atom is 0.233 e. The maximum atomic E-state index is 12.5. The van der Waals surface area contributed by atoms with Crippen molar-refractivity contribution in [2.24, 2.45) is 7.05 Å². The normalized spacial score (nSPS) is 16.4. The van der Waals surface area contributed by atoms with Crippen LogP contribution < -0.4 is 5.32 Å². The molecule has 0 unspecified atom stereocenters. The van der Waals surface area contributed by atoms with Crippen molar-refractivity contribution in [3.63, 3.8) is 0 Å². The van der Waals surface area contributed by atoms with Gasteiger partial charge in [0.05, 0.1) is 5.25 Å². The molecular weight excluding hydrogens is 332 g/mol. The molecule has 0 aliphatic heterocycles. The Hall–Kier alpha value is -1.82. The number of hydrogen-bond donors (Lipinski definition) is 1. The Labute approximate surface area is 153 Å². The van der Waals surface area contributed by atoms with Gasteiger partial charge in [0, 0.05) is 25.4 Å². The zero-order chi connectivity index (χ0) is 17.8. The van der Waals surface area contributed by atoms with Crippen molar-refractivity contribution in [1.82, 2.24) is 20.1 Å². The third kappa shape index (κ3) is 4.42. The number of carbonyl (C=O) groups excluding carboxylic acids is 1. The first kappa shape index (κ1) is 18.0. The van der Waals surface area contributed by atoms with Crippen LogP contribution in [0.3, 0.4) is 0 Å². The number of nitrogens with zero attached hydrogens (tertiary/aromatic N) is 3. The van der Waals surface area contributed by atoms with E-state index in [1.54, 1.807) is 0 Å². The molecule has 25 heavy (non-hydrogen) atoms. The number of nitrogens with one attached hydrogen (secondary N) is 1. The summed E-state index contributed by atoms with van der Waals surface area (Å²) in [6.07, 6.45) is 3.40. The smallest absolute Gasteiger partial charge is 0.233 e. The lowest BCUT2D eigenvalue weighted by molar-refractivity contribution is -0.120. The molecule has 134 valence electrons. The molecule has 5 nitrogen and oxygen atoms in total. The average Bonchev–Trinajstić information content (AvgIpc) is 3.41. The van der Waals surface area contributed by atoms with Gasteiger partial charge < -0.3 is 9.88 Å². The van der Waals surface area contributed by atoms with Crippen LogP contribution in [0, 0.1) is 0 Å². The molecule has 1 aliphatic carbocycles. The van der Waals surface area contributed by atoms with Gasteiger partial charge in [0.15, 0.2) is 5.16 Å². The van der Waals surface area contributed by atoms with Crippen LogP contribution in [0.15, 0.2) is 35.5 Å². The number of carbonyl (C=O) groups is 1. The summed E-state index contributed by atoms with van der Waals surface area (Å²) < 4.78 is 2.03. The lowest BCUT2D eigenvalue weighted by Gasteiger charge is -2.18. The Kier molecular flexibility index (Phi) is 5.78. The third-order valence-electron chi connectivity index (χ3n) is 4.75. The first-order valence-electron chi connectivity index (χ1n) is 8.98. The number of thioether (sulfide) groups is 1. The zero-order valence-electron chi connectivity index (χ0n) is 15.1. The van der Waals surface area contributed by atoms with Gasteiger partial charge in [-0.05, 0) is 31.7 Å². The van der Waals surface area contributed by atoms with Gasteiger partial charge in [0.25, 0.3) is 0 Å². The van der Waals surface area contributed by atoms with Crippen molar-refractivity contribution < 1.29 is 4.79 Å². The quantitative estimate of drug-likeness (QED) is 0.734. The van der Waals surface area contributed by atoms with Crippen molar-refractivity contribution in [1.29, 1.82) is 0 Å². The van der Waals surface area contributed by atoms with Gasteiger partial charge in [-0.3, -0.25) is 4.79 Å². The Morgan fingerprint density at radius 3 is 2.68 bits per heavy atom. The lowest BCUT2D eigenvalue weighted by Crippen LogP contribution is -2.34. The van der Waals surface area contributed by atoms with E-state index >= 15 is 0 Å². The number of amides is 1. The average molecular weight is 359 g/mol.